The number of aromatic nitrogens is 1. The van der Waals surface area contributed by atoms with Gasteiger partial charge in [0.05, 0.1) is 19.2 Å². The molecule has 0 bridgehead atoms. The summed E-state index contributed by atoms with van der Waals surface area (Å²) in [6.07, 6.45) is 2.13. The summed E-state index contributed by atoms with van der Waals surface area (Å²) in [5.41, 5.74) is 1.44. The molecule has 0 spiro atoms. The summed E-state index contributed by atoms with van der Waals surface area (Å²) in [6.45, 7) is 1.16. The lowest BCUT2D eigenvalue weighted by Gasteiger charge is -2.19. The number of methoxy groups -OCH3 is 1. The van der Waals surface area contributed by atoms with E-state index in [9.17, 15) is 4.79 Å². The third-order valence-electron chi connectivity index (χ3n) is 3.66. The van der Waals surface area contributed by atoms with E-state index in [4.69, 9.17) is 16.3 Å². The molecular weight excluding hydrogens is 314 g/mol. The predicted octanol–water partition coefficient (Wildman–Crippen LogP) is 2.84. The first-order valence-corrected chi connectivity index (χ1v) is 7.65. The van der Waals surface area contributed by atoms with E-state index in [0.717, 1.165) is 17.1 Å². The van der Waals surface area contributed by atoms with Gasteiger partial charge in [0.25, 0.3) is 5.91 Å². The number of hydrogen-bond acceptors (Lipinski definition) is 4. The van der Waals surface area contributed by atoms with Crippen LogP contribution in [0.2, 0.25) is 5.15 Å². The van der Waals surface area contributed by atoms with Crippen LogP contribution in [0.4, 0.5) is 0 Å². The standard InChI is InChI=1S/C17H16ClN3O2/c1-23-13-5-2-4-12(10-13)11-15-19-8-9-21(15)17(22)14-6-3-7-20-16(14)18/h2-7,10H,8-9,11H2,1H3. The Balaban J connectivity index is 1.80. The lowest BCUT2D eigenvalue weighted by atomic mass is 10.1. The highest BCUT2D eigenvalue weighted by Gasteiger charge is 2.26. The van der Waals surface area contributed by atoms with Gasteiger partial charge in [0, 0.05) is 19.2 Å². The second-order valence-electron chi connectivity index (χ2n) is 5.12. The van der Waals surface area contributed by atoms with Crippen LogP contribution in [0.5, 0.6) is 5.75 Å². The number of nitrogens with zero attached hydrogens (tertiary/aromatic N) is 3. The number of rotatable bonds is 4. The van der Waals surface area contributed by atoms with Crippen LogP contribution < -0.4 is 4.74 Å². The number of pyridine rings is 1. The van der Waals surface area contributed by atoms with Crippen molar-refractivity contribution in [3.8, 4) is 5.75 Å². The van der Waals surface area contributed by atoms with E-state index in [1.54, 1.807) is 30.3 Å². The molecule has 2 heterocycles. The number of carbonyl (C=O) groups excluding carboxylic acids is 1. The monoisotopic (exact) mass is 329 g/mol. The molecule has 3 rings (SSSR count). The van der Waals surface area contributed by atoms with Gasteiger partial charge in [-0.05, 0) is 29.8 Å². The van der Waals surface area contributed by atoms with Crippen molar-refractivity contribution in [2.75, 3.05) is 20.2 Å². The highest BCUT2D eigenvalue weighted by atomic mass is 35.5. The highest BCUT2D eigenvalue weighted by Crippen LogP contribution is 2.19. The van der Waals surface area contributed by atoms with E-state index in [1.165, 1.54) is 0 Å². The van der Waals surface area contributed by atoms with Crippen molar-refractivity contribution in [3.05, 3.63) is 58.9 Å². The number of carbonyl (C=O) groups is 1. The molecule has 0 unspecified atom stereocenters. The van der Waals surface area contributed by atoms with E-state index in [-0.39, 0.29) is 11.1 Å². The van der Waals surface area contributed by atoms with E-state index in [1.807, 2.05) is 24.3 Å². The third-order valence-corrected chi connectivity index (χ3v) is 3.96. The lowest BCUT2D eigenvalue weighted by molar-refractivity contribution is 0.0856. The van der Waals surface area contributed by atoms with Gasteiger partial charge in [-0.1, -0.05) is 23.7 Å². The van der Waals surface area contributed by atoms with Gasteiger partial charge in [-0.15, -0.1) is 0 Å². The normalized spacial score (nSPS) is 13.8. The Morgan fingerprint density at radius 1 is 1.35 bits per heavy atom. The first kappa shape index (κ1) is 15.5. The van der Waals surface area contributed by atoms with Crippen molar-refractivity contribution in [2.45, 2.75) is 6.42 Å². The largest absolute Gasteiger partial charge is 0.497 e. The summed E-state index contributed by atoms with van der Waals surface area (Å²) in [5.74, 6) is 1.36. The maximum atomic E-state index is 12.7. The number of hydrogen-bond donors (Lipinski definition) is 0. The number of halogens is 1. The third kappa shape index (κ3) is 3.35. The first-order valence-electron chi connectivity index (χ1n) is 7.27. The molecule has 1 aliphatic heterocycles. The van der Waals surface area contributed by atoms with Gasteiger partial charge in [-0.3, -0.25) is 14.7 Å². The molecule has 0 N–H and O–H groups in total. The summed E-state index contributed by atoms with van der Waals surface area (Å²) >= 11 is 6.03. The maximum Gasteiger partial charge on any atom is 0.262 e. The highest BCUT2D eigenvalue weighted by molar-refractivity contribution is 6.33. The fraction of sp³-hybridized carbons (Fsp3) is 0.235. The molecule has 2 aromatic rings. The Morgan fingerprint density at radius 3 is 3.00 bits per heavy atom. The Kier molecular flexibility index (Phi) is 4.57. The van der Waals surface area contributed by atoms with Gasteiger partial charge >= 0.3 is 0 Å². The van der Waals surface area contributed by atoms with Gasteiger partial charge < -0.3 is 4.74 Å². The maximum absolute atomic E-state index is 12.7. The van der Waals surface area contributed by atoms with Crippen molar-refractivity contribution in [2.24, 2.45) is 4.99 Å². The summed E-state index contributed by atoms with van der Waals surface area (Å²) < 4.78 is 5.23. The second-order valence-corrected chi connectivity index (χ2v) is 5.48. The van der Waals surface area contributed by atoms with Crippen molar-refractivity contribution in [3.63, 3.8) is 0 Å². The zero-order valence-corrected chi connectivity index (χ0v) is 13.5. The molecule has 0 saturated heterocycles. The molecule has 1 aromatic heterocycles. The van der Waals surface area contributed by atoms with Gasteiger partial charge in [-0.2, -0.15) is 0 Å². The summed E-state index contributed by atoms with van der Waals surface area (Å²) in [5, 5.41) is 0.213. The number of amides is 1. The Morgan fingerprint density at radius 2 is 2.22 bits per heavy atom. The molecule has 0 atom stereocenters. The number of amidine groups is 1. The smallest absolute Gasteiger partial charge is 0.262 e. The van der Waals surface area contributed by atoms with Crippen molar-refractivity contribution in [1.82, 2.24) is 9.88 Å². The Hall–Kier alpha value is -2.40. The molecule has 1 amide bonds. The fourth-order valence-corrected chi connectivity index (χ4v) is 2.72. The Labute approximate surface area is 139 Å². The van der Waals surface area contributed by atoms with Crippen LogP contribution in [-0.2, 0) is 6.42 Å². The van der Waals surface area contributed by atoms with Crippen LogP contribution in [0.25, 0.3) is 0 Å². The van der Waals surface area contributed by atoms with Crippen LogP contribution in [-0.4, -0.2) is 41.8 Å². The molecule has 0 saturated carbocycles. The van der Waals surface area contributed by atoms with Gasteiger partial charge in [0.2, 0.25) is 0 Å². The van der Waals surface area contributed by atoms with Gasteiger partial charge in [-0.25, -0.2) is 4.98 Å². The van der Waals surface area contributed by atoms with Gasteiger partial charge in [0.1, 0.15) is 16.7 Å². The van der Waals surface area contributed by atoms with E-state index in [2.05, 4.69) is 9.98 Å². The van der Waals surface area contributed by atoms with Crippen LogP contribution in [0, 0.1) is 0 Å². The molecule has 5 nitrogen and oxygen atoms in total. The van der Waals surface area contributed by atoms with Crippen LogP contribution in [0.3, 0.4) is 0 Å². The minimum Gasteiger partial charge on any atom is -0.497 e. The van der Waals surface area contributed by atoms with E-state index >= 15 is 0 Å². The molecule has 0 aliphatic carbocycles. The zero-order chi connectivity index (χ0) is 16.2. The molecule has 0 fully saturated rings. The van der Waals surface area contributed by atoms with E-state index in [0.29, 0.717) is 25.1 Å². The minimum atomic E-state index is -0.165. The lowest BCUT2D eigenvalue weighted by Crippen LogP contribution is -2.35. The van der Waals surface area contributed by atoms with Crippen molar-refractivity contribution >= 4 is 23.3 Å². The molecule has 6 heteroatoms. The average Bonchev–Trinajstić information content (AvgIpc) is 3.03. The minimum absolute atomic E-state index is 0.165. The van der Waals surface area contributed by atoms with Crippen LogP contribution in [0.1, 0.15) is 15.9 Å². The number of ether oxygens (including phenoxy) is 1. The molecule has 1 aliphatic rings. The summed E-state index contributed by atoms with van der Waals surface area (Å²) in [7, 11) is 1.63. The first-order chi connectivity index (χ1) is 11.2. The molecule has 1 aromatic carbocycles. The van der Waals surface area contributed by atoms with Crippen molar-refractivity contribution in [1.29, 1.82) is 0 Å². The molecule has 118 valence electrons. The number of benzene rings is 1. The SMILES string of the molecule is COc1cccc(CC2=NCCN2C(=O)c2cccnc2Cl)c1. The van der Waals surface area contributed by atoms with Crippen molar-refractivity contribution < 1.29 is 9.53 Å². The summed E-state index contributed by atoms with van der Waals surface area (Å²) in [6, 6.07) is 11.1. The fourth-order valence-electron chi connectivity index (χ4n) is 2.52. The zero-order valence-electron chi connectivity index (χ0n) is 12.7. The quantitative estimate of drug-likeness (QED) is 0.810. The average molecular weight is 330 g/mol. The van der Waals surface area contributed by atoms with Crippen LogP contribution in [0.15, 0.2) is 47.6 Å². The summed E-state index contributed by atoms with van der Waals surface area (Å²) in [4.78, 5) is 22.8. The van der Waals surface area contributed by atoms with E-state index < -0.39 is 0 Å². The van der Waals surface area contributed by atoms with Gasteiger partial charge in [0.15, 0.2) is 0 Å². The predicted molar refractivity (Wildman–Crippen MR) is 89.3 cm³/mol. The molecule has 23 heavy (non-hydrogen) atoms. The topological polar surface area (TPSA) is 54.8 Å². The van der Waals surface area contributed by atoms with Crippen LogP contribution >= 0.6 is 11.6 Å². The second kappa shape index (κ2) is 6.79. The Bertz CT molecular complexity index is 761. The number of aliphatic imine (C=N–C) groups is 1. The molecular formula is C17H16ClN3O2. The molecule has 0 radical (unpaired) electrons.